The fraction of sp³-hybridized carbons (Fsp3) is 0.632. The fourth-order valence-electron chi connectivity index (χ4n) is 3.28. The molecule has 22 heavy (non-hydrogen) atoms. The highest BCUT2D eigenvalue weighted by atomic mass is 16.6. The molecular weight excluding hydrogens is 274 g/mol. The van der Waals surface area contributed by atoms with Gasteiger partial charge in [-0.1, -0.05) is 30.3 Å². The monoisotopic (exact) mass is 303 g/mol. The van der Waals surface area contributed by atoms with E-state index in [1.807, 2.05) is 27.8 Å². The van der Waals surface area contributed by atoms with E-state index in [9.17, 15) is 4.79 Å². The zero-order valence-electron chi connectivity index (χ0n) is 14.3. The second-order valence-corrected chi connectivity index (χ2v) is 7.42. The maximum Gasteiger partial charge on any atom is 0.320 e. The van der Waals surface area contributed by atoms with Crippen LogP contribution in [-0.2, 0) is 9.53 Å². The number of esters is 1. The Morgan fingerprint density at radius 3 is 2.27 bits per heavy atom. The number of rotatable bonds is 4. The third-order valence-corrected chi connectivity index (χ3v) is 4.39. The van der Waals surface area contributed by atoms with Gasteiger partial charge in [-0.05, 0) is 65.0 Å². The van der Waals surface area contributed by atoms with Crippen LogP contribution in [0.1, 0.15) is 57.9 Å². The van der Waals surface area contributed by atoms with Crippen molar-refractivity contribution in [2.24, 2.45) is 0 Å². The van der Waals surface area contributed by atoms with Gasteiger partial charge in [0.2, 0.25) is 0 Å². The van der Waals surface area contributed by atoms with Gasteiger partial charge in [-0.2, -0.15) is 0 Å². The van der Waals surface area contributed by atoms with Crippen LogP contribution in [0.2, 0.25) is 0 Å². The minimum absolute atomic E-state index is 0.125. The van der Waals surface area contributed by atoms with Crippen LogP contribution in [0.4, 0.5) is 0 Å². The van der Waals surface area contributed by atoms with Crippen molar-refractivity contribution < 1.29 is 9.53 Å². The van der Waals surface area contributed by atoms with Gasteiger partial charge >= 0.3 is 5.97 Å². The Bertz CT molecular complexity index is 470. The van der Waals surface area contributed by atoms with E-state index in [1.165, 1.54) is 18.4 Å². The van der Waals surface area contributed by atoms with Gasteiger partial charge in [-0.15, -0.1) is 0 Å². The highest BCUT2D eigenvalue weighted by Gasteiger charge is 2.27. The zero-order valence-corrected chi connectivity index (χ0v) is 14.3. The molecule has 3 heteroatoms. The fourth-order valence-corrected chi connectivity index (χ4v) is 3.28. The summed E-state index contributed by atoms with van der Waals surface area (Å²) in [6.07, 6.45) is 4.71. The first-order valence-electron chi connectivity index (χ1n) is 8.32. The van der Waals surface area contributed by atoms with Gasteiger partial charge in [-0.3, -0.25) is 9.69 Å². The lowest BCUT2D eigenvalue weighted by Crippen LogP contribution is -2.40. The van der Waals surface area contributed by atoms with E-state index in [-0.39, 0.29) is 5.97 Å². The number of likely N-dealkylation sites (N-methyl/N-ethyl adjacent to an activating group) is 1. The predicted octanol–water partition coefficient (Wildman–Crippen LogP) is 3.99. The van der Waals surface area contributed by atoms with E-state index in [0.717, 1.165) is 12.8 Å². The number of carbonyl (C=O) groups is 1. The largest absolute Gasteiger partial charge is 0.459 e. The number of ether oxygens (including phenoxy) is 1. The summed E-state index contributed by atoms with van der Waals surface area (Å²) in [6, 6.07) is 11.3. The van der Waals surface area contributed by atoms with Crippen LogP contribution in [-0.4, -0.2) is 36.1 Å². The van der Waals surface area contributed by atoms with E-state index in [2.05, 4.69) is 35.2 Å². The van der Waals surface area contributed by atoms with Crippen molar-refractivity contribution in [1.29, 1.82) is 0 Å². The van der Waals surface area contributed by atoms with E-state index in [0.29, 0.717) is 18.5 Å². The Balaban J connectivity index is 1.80. The summed E-state index contributed by atoms with van der Waals surface area (Å²) in [6.45, 7) is 6.12. The molecular formula is C19H29NO2. The number of hydrogen-bond acceptors (Lipinski definition) is 3. The maximum absolute atomic E-state index is 11.9. The Morgan fingerprint density at radius 2 is 1.73 bits per heavy atom. The first kappa shape index (κ1) is 17.0. The van der Waals surface area contributed by atoms with Crippen LogP contribution < -0.4 is 0 Å². The van der Waals surface area contributed by atoms with Crippen LogP contribution in [0.5, 0.6) is 0 Å². The van der Waals surface area contributed by atoms with Crippen molar-refractivity contribution in [2.45, 2.75) is 64.0 Å². The Labute approximate surface area is 134 Å². The molecule has 0 spiro atoms. The first-order chi connectivity index (χ1) is 10.3. The number of nitrogens with zero attached hydrogens (tertiary/aromatic N) is 1. The van der Waals surface area contributed by atoms with Crippen LogP contribution in [0.25, 0.3) is 0 Å². The van der Waals surface area contributed by atoms with Gasteiger partial charge in [0.25, 0.3) is 0 Å². The van der Waals surface area contributed by atoms with Gasteiger partial charge in [-0.25, -0.2) is 0 Å². The van der Waals surface area contributed by atoms with E-state index in [4.69, 9.17) is 4.74 Å². The average Bonchev–Trinajstić information content (AvgIpc) is 2.46. The van der Waals surface area contributed by atoms with Crippen molar-refractivity contribution in [3.05, 3.63) is 35.9 Å². The standard InChI is InChI=1S/C19H29NO2/c1-19(2,3)22-18(21)14-20(4)17-12-10-16(11-13-17)15-8-6-5-7-9-15/h5-9,16-17H,10-14H2,1-4H3. The molecule has 1 aliphatic carbocycles. The molecule has 1 aromatic rings. The Hall–Kier alpha value is -1.35. The molecule has 1 saturated carbocycles. The second-order valence-electron chi connectivity index (χ2n) is 7.42. The molecule has 0 atom stereocenters. The molecule has 0 bridgehead atoms. The van der Waals surface area contributed by atoms with Gasteiger partial charge in [0.05, 0.1) is 6.54 Å². The van der Waals surface area contributed by atoms with E-state index >= 15 is 0 Å². The molecule has 3 nitrogen and oxygen atoms in total. The highest BCUT2D eigenvalue weighted by Crippen LogP contribution is 2.34. The van der Waals surface area contributed by atoms with Gasteiger partial charge in [0.1, 0.15) is 5.60 Å². The molecule has 1 aliphatic rings. The second kappa shape index (κ2) is 7.28. The first-order valence-corrected chi connectivity index (χ1v) is 8.32. The van der Waals surface area contributed by atoms with Crippen LogP contribution in [0.15, 0.2) is 30.3 Å². The molecule has 0 unspecified atom stereocenters. The van der Waals surface area contributed by atoms with Crippen LogP contribution in [0.3, 0.4) is 0 Å². The molecule has 0 amide bonds. The summed E-state index contributed by atoms with van der Waals surface area (Å²) in [5, 5.41) is 0. The summed E-state index contributed by atoms with van der Waals surface area (Å²) in [7, 11) is 2.04. The minimum Gasteiger partial charge on any atom is -0.459 e. The third-order valence-electron chi connectivity index (χ3n) is 4.39. The summed E-state index contributed by atoms with van der Waals surface area (Å²) in [4.78, 5) is 14.1. The van der Waals surface area contributed by atoms with Crippen molar-refractivity contribution in [2.75, 3.05) is 13.6 Å². The Morgan fingerprint density at radius 1 is 1.14 bits per heavy atom. The van der Waals surface area contributed by atoms with Gasteiger partial charge in [0, 0.05) is 6.04 Å². The van der Waals surface area contributed by atoms with Crippen LogP contribution >= 0.6 is 0 Å². The predicted molar refractivity (Wildman–Crippen MR) is 89.9 cm³/mol. The van der Waals surface area contributed by atoms with Crippen molar-refractivity contribution in [3.8, 4) is 0 Å². The molecule has 0 aliphatic heterocycles. The van der Waals surface area contributed by atoms with Crippen LogP contribution in [0, 0.1) is 0 Å². The minimum atomic E-state index is -0.400. The molecule has 0 saturated heterocycles. The lowest BCUT2D eigenvalue weighted by atomic mass is 9.81. The molecule has 1 aromatic carbocycles. The lowest BCUT2D eigenvalue weighted by Gasteiger charge is -2.34. The summed E-state index contributed by atoms with van der Waals surface area (Å²) < 4.78 is 5.41. The molecule has 122 valence electrons. The molecule has 1 fully saturated rings. The number of benzene rings is 1. The summed E-state index contributed by atoms with van der Waals surface area (Å²) in [5.41, 5.74) is 1.05. The quantitative estimate of drug-likeness (QED) is 0.788. The normalized spacial score (nSPS) is 22.6. The zero-order chi connectivity index (χ0) is 16.2. The SMILES string of the molecule is CN(CC(=O)OC(C)(C)C)C1CCC(c2ccccc2)CC1. The molecule has 0 radical (unpaired) electrons. The number of hydrogen-bond donors (Lipinski definition) is 0. The summed E-state index contributed by atoms with van der Waals surface area (Å²) >= 11 is 0. The van der Waals surface area contributed by atoms with Gasteiger partial charge in [0.15, 0.2) is 0 Å². The van der Waals surface area contributed by atoms with E-state index < -0.39 is 5.60 Å². The summed E-state index contributed by atoms with van der Waals surface area (Å²) in [5.74, 6) is 0.549. The average molecular weight is 303 g/mol. The van der Waals surface area contributed by atoms with Crippen molar-refractivity contribution in [3.63, 3.8) is 0 Å². The van der Waals surface area contributed by atoms with Crippen molar-refractivity contribution in [1.82, 2.24) is 4.90 Å². The molecule has 0 aromatic heterocycles. The topological polar surface area (TPSA) is 29.5 Å². The maximum atomic E-state index is 11.9. The molecule has 0 heterocycles. The van der Waals surface area contributed by atoms with Crippen molar-refractivity contribution >= 4 is 5.97 Å². The third kappa shape index (κ3) is 5.13. The number of carbonyl (C=O) groups excluding carboxylic acids is 1. The lowest BCUT2D eigenvalue weighted by molar-refractivity contribution is -0.156. The highest BCUT2D eigenvalue weighted by molar-refractivity contribution is 5.72. The molecule has 0 N–H and O–H groups in total. The molecule has 2 rings (SSSR count). The Kier molecular flexibility index (Phi) is 5.63. The van der Waals surface area contributed by atoms with Gasteiger partial charge < -0.3 is 4.74 Å². The van der Waals surface area contributed by atoms with E-state index in [1.54, 1.807) is 0 Å². The smallest absolute Gasteiger partial charge is 0.320 e.